The standard InChI is InChI=1S/C13H14N2O2S/c1-2-10(16)12-14-13(17-15-12)9-7-18-11-6-4-3-5-8(9)11/h3-6,9-10,16H,2,7H2,1H3. The Morgan fingerprint density at radius 3 is 3.17 bits per heavy atom. The largest absolute Gasteiger partial charge is 0.385 e. The van der Waals surface area contributed by atoms with Crippen molar-refractivity contribution in [3.8, 4) is 0 Å². The molecule has 0 fully saturated rings. The molecule has 5 heteroatoms. The number of fused-ring (bicyclic) bond motifs is 1. The van der Waals surface area contributed by atoms with Crippen molar-refractivity contribution >= 4 is 11.8 Å². The zero-order chi connectivity index (χ0) is 12.5. The number of thioether (sulfide) groups is 1. The van der Waals surface area contributed by atoms with Gasteiger partial charge in [-0.15, -0.1) is 11.8 Å². The number of aliphatic hydroxyl groups is 1. The molecule has 2 aromatic rings. The molecule has 3 rings (SSSR count). The molecule has 2 unspecified atom stereocenters. The summed E-state index contributed by atoms with van der Waals surface area (Å²) in [6.45, 7) is 1.89. The zero-order valence-corrected chi connectivity index (χ0v) is 10.9. The molecule has 1 aliphatic heterocycles. The molecule has 0 spiro atoms. The van der Waals surface area contributed by atoms with Crippen LogP contribution in [0.2, 0.25) is 0 Å². The van der Waals surface area contributed by atoms with Crippen molar-refractivity contribution in [2.75, 3.05) is 5.75 Å². The number of hydrogen-bond acceptors (Lipinski definition) is 5. The number of hydrogen-bond donors (Lipinski definition) is 1. The molecular formula is C13H14N2O2S. The SMILES string of the molecule is CCC(O)c1noc(C2CSc3ccccc32)n1. The Morgan fingerprint density at radius 2 is 2.33 bits per heavy atom. The molecule has 0 saturated heterocycles. The minimum atomic E-state index is -0.633. The van der Waals surface area contributed by atoms with Gasteiger partial charge in [-0.2, -0.15) is 4.98 Å². The normalized spacial score (nSPS) is 19.8. The molecule has 0 radical (unpaired) electrons. The maximum Gasteiger partial charge on any atom is 0.235 e. The minimum Gasteiger partial charge on any atom is -0.385 e. The van der Waals surface area contributed by atoms with Crippen molar-refractivity contribution in [3.05, 3.63) is 41.5 Å². The summed E-state index contributed by atoms with van der Waals surface area (Å²) >= 11 is 1.80. The summed E-state index contributed by atoms with van der Waals surface area (Å²) in [6.07, 6.45) is -0.0404. The third-order valence-corrected chi connectivity index (χ3v) is 4.32. The van der Waals surface area contributed by atoms with Crippen molar-refractivity contribution in [3.63, 3.8) is 0 Å². The summed E-state index contributed by atoms with van der Waals surface area (Å²) in [4.78, 5) is 5.60. The van der Waals surface area contributed by atoms with Crippen LogP contribution >= 0.6 is 11.8 Å². The van der Waals surface area contributed by atoms with Crippen LogP contribution in [0.1, 0.15) is 42.6 Å². The van der Waals surface area contributed by atoms with Gasteiger partial charge in [0.05, 0.1) is 5.92 Å². The van der Waals surface area contributed by atoms with Gasteiger partial charge in [0, 0.05) is 10.6 Å². The van der Waals surface area contributed by atoms with Gasteiger partial charge in [0.15, 0.2) is 5.82 Å². The lowest BCUT2D eigenvalue weighted by Gasteiger charge is -2.04. The van der Waals surface area contributed by atoms with Gasteiger partial charge in [0.2, 0.25) is 5.89 Å². The predicted molar refractivity (Wildman–Crippen MR) is 68.6 cm³/mol. The van der Waals surface area contributed by atoms with Crippen molar-refractivity contribution in [1.29, 1.82) is 0 Å². The minimum absolute atomic E-state index is 0.150. The molecule has 0 bridgehead atoms. The molecule has 18 heavy (non-hydrogen) atoms. The van der Waals surface area contributed by atoms with Crippen LogP contribution in [0.25, 0.3) is 0 Å². The average molecular weight is 262 g/mol. The van der Waals surface area contributed by atoms with E-state index >= 15 is 0 Å². The molecule has 1 N–H and O–H groups in total. The van der Waals surface area contributed by atoms with Crippen molar-refractivity contribution in [2.24, 2.45) is 0 Å². The third-order valence-electron chi connectivity index (χ3n) is 3.14. The highest BCUT2D eigenvalue weighted by atomic mass is 32.2. The first-order valence-electron chi connectivity index (χ1n) is 6.03. The smallest absolute Gasteiger partial charge is 0.235 e. The second-order valence-electron chi connectivity index (χ2n) is 4.32. The molecular weight excluding hydrogens is 248 g/mol. The highest BCUT2D eigenvalue weighted by Crippen LogP contribution is 2.42. The number of aliphatic hydroxyl groups excluding tert-OH is 1. The number of aromatic nitrogens is 2. The highest BCUT2D eigenvalue weighted by molar-refractivity contribution is 7.99. The lowest BCUT2D eigenvalue weighted by molar-refractivity contribution is 0.159. The first kappa shape index (κ1) is 11.7. The van der Waals surface area contributed by atoms with E-state index in [0.717, 1.165) is 5.75 Å². The summed E-state index contributed by atoms with van der Waals surface area (Å²) in [6, 6.07) is 8.27. The van der Waals surface area contributed by atoms with Crippen LogP contribution in [0.3, 0.4) is 0 Å². The van der Waals surface area contributed by atoms with Crippen molar-refractivity contribution < 1.29 is 9.63 Å². The van der Waals surface area contributed by atoms with Crippen LogP contribution in [-0.4, -0.2) is 21.0 Å². The van der Waals surface area contributed by atoms with Crippen LogP contribution in [0.5, 0.6) is 0 Å². The Kier molecular flexibility index (Phi) is 3.09. The number of rotatable bonds is 3. The average Bonchev–Trinajstić information content (AvgIpc) is 3.03. The Morgan fingerprint density at radius 1 is 1.50 bits per heavy atom. The fourth-order valence-electron chi connectivity index (χ4n) is 2.07. The Labute approximate surface area is 109 Å². The fourth-order valence-corrected chi connectivity index (χ4v) is 3.29. The molecule has 1 aromatic carbocycles. The van der Waals surface area contributed by atoms with Crippen LogP contribution in [0, 0.1) is 0 Å². The van der Waals surface area contributed by atoms with E-state index in [1.54, 1.807) is 11.8 Å². The van der Waals surface area contributed by atoms with Gasteiger partial charge in [-0.1, -0.05) is 30.3 Å². The van der Waals surface area contributed by atoms with E-state index in [2.05, 4.69) is 22.3 Å². The van der Waals surface area contributed by atoms with Crippen molar-refractivity contribution in [1.82, 2.24) is 10.1 Å². The fraction of sp³-hybridized carbons (Fsp3) is 0.385. The summed E-state index contributed by atoms with van der Waals surface area (Å²) in [5.74, 6) is 2.07. The predicted octanol–water partition coefficient (Wildman–Crippen LogP) is 2.75. The maximum absolute atomic E-state index is 9.69. The summed E-state index contributed by atoms with van der Waals surface area (Å²) in [5.41, 5.74) is 1.24. The van der Waals surface area contributed by atoms with E-state index in [1.807, 2.05) is 19.1 Å². The number of benzene rings is 1. The second-order valence-corrected chi connectivity index (χ2v) is 5.38. The monoisotopic (exact) mass is 262 g/mol. The van der Waals surface area contributed by atoms with Crippen LogP contribution in [-0.2, 0) is 0 Å². The molecule has 1 aromatic heterocycles. The molecule has 4 nitrogen and oxygen atoms in total. The zero-order valence-electron chi connectivity index (χ0n) is 10.0. The Bertz CT molecular complexity index is 555. The van der Waals surface area contributed by atoms with E-state index in [1.165, 1.54) is 10.5 Å². The van der Waals surface area contributed by atoms with E-state index < -0.39 is 6.10 Å². The van der Waals surface area contributed by atoms with Crippen molar-refractivity contribution in [2.45, 2.75) is 30.3 Å². The van der Waals surface area contributed by atoms with Crippen LogP contribution in [0.4, 0.5) is 0 Å². The first-order valence-corrected chi connectivity index (χ1v) is 7.01. The van der Waals surface area contributed by atoms with Gasteiger partial charge < -0.3 is 9.63 Å². The molecule has 0 amide bonds. The molecule has 94 valence electrons. The quantitative estimate of drug-likeness (QED) is 0.921. The second kappa shape index (κ2) is 4.74. The Hall–Kier alpha value is -1.33. The molecule has 1 aliphatic rings. The number of nitrogens with zero attached hydrogens (tertiary/aromatic N) is 2. The van der Waals surface area contributed by atoms with E-state index in [9.17, 15) is 5.11 Å². The molecule has 2 atom stereocenters. The lowest BCUT2D eigenvalue weighted by atomic mass is 10.0. The van der Waals surface area contributed by atoms with Gasteiger partial charge in [0.25, 0.3) is 0 Å². The van der Waals surface area contributed by atoms with Gasteiger partial charge >= 0.3 is 0 Å². The summed E-state index contributed by atoms with van der Waals surface area (Å²) < 4.78 is 5.29. The Balaban J connectivity index is 1.91. The molecule has 2 heterocycles. The lowest BCUT2D eigenvalue weighted by Crippen LogP contribution is -2.02. The van der Waals surface area contributed by atoms with E-state index in [-0.39, 0.29) is 5.92 Å². The topological polar surface area (TPSA) is 59.2 Å². The molecule has 0 aliphatic carbocycles. The van der Waals surface area contributed by atoms with E-state index in [4.69, 9.17) is 4.52 Å². The molecule has 0 saturated carbocycles. The highest BCUT2D eigenvalue weighted by Gasteiger charge is 2.29. The summed E-state index contributed by atoms with van der Waals surface area (Å²) in [5, 5.41) is 13.5. The van der Waals surface area contributed by atoms with Gasteiger partial charge in [0.1, 0.15) is 6.10 Å². The van der Waals surface area contributed by atoms with Crippen LogP contribution in [0.15, 0.2) is 33.7 Å². The van der Waals surface area contributed by atoms with Gasteiger partial charge in [-0.05, 0) is 18.1 Å². The summed E-state index contributed by atoms with van der Waals surface area (Å²) in [7, 11) is 0. The van der Waals surface area contributed by atoms with Crippen LogP contribution < -0.4 is 0 Å². The third kappa shape index (κ3) is 1.93. The van der Waals surface area contributed by atoms with Gasteiger partial charge in [-0.25, -0.2) is 0 Å². The maximum atomic E-state index is 9.69. The van der Waals surface area contributed by atoms with E-state index in [0.29, 0.717) is 18.1 Å². The first-order chi connectivity index (χ1) is 8.79. The van der Waals surface area contributed by atoms with Gasteiger partial charge in [-0.3, -0.25) is 0 Å².